The van der Waals surface area contributed by atoms with Gasteiger partial charge in [-0.15, -0.1) is 0 Å². The van der Waals surface area contributed by atoms with Crippen molar-refractivity contribution in [2.75, 3.05) is 5.32 Å². The molecule has 5 rings (SSSR count). The number of halogens is 4. The van der Waals surface area contributed by atoms with Crippen LogP contribution in [0.4, 0.5) is 18.9 Å². The summed E-state index contributed by atoms with van der Waals surface area (Å²) in [6, 6.07) is 14.9. The Morgan fingerprint density at radius 3 is 2.44 bits per heavy atom. The first-order valence-electron chi connectivity index (χ1n) is 12.1. The number of fused-ring (bicyclic) bond motifs is 1. The maximum atomic E-state index is 14.0. The van der Waals surface area contributed by atoms with Crippen LogP contribution in [0.3, 0.4) is 0 Å². The van der Waals surface area contributed by atoms with Crippen molar-refractivity contribution in [3.63, 3.8) is 0 Å². The second-order valence-corrected chi connectivity index (χ2v) is 9.85. The van der Waals surface area contributed by atoms with Gasteiger partial charge in [-0.2, -0.15) is 23.4 Å². The van der Waals surface area contributed by atoms with Crippen molar-refractivity contribution in [3.05, 3.63) is 99.1 Å². The zero-order valence-corrected chi connectivity index (χ0v) is 22.3. The standard InChI is InChI=1S/C28H24ClF3N6O/c1-15-8-9-20(10-16(15)2)22-12-24(28(30,31)32)38-25(33-22)13-23(36-38)27(39)34-26-17(3)35-37(18(26)4)14-19-6-5-7-21(29)11-19/h5-13H,14H2,1-4H3,(H,34,39). The molecule has 39 heavy (non-hydrogen) atoms. The fourth-order valence-corrected chi connectivity index (χ4v) is 4.57. The van der Waals surface area contributed by atoms with Gasteiger partial charge in [0.2, 0.25) is 0 Å². The fourth-order valence-electron chi connectivity index (χ4n) is 4.35. The molecule has 0 radical (unpaired) electrons. The van der Waals surface area contributed by atoms with Crippen LogP contribution in [-0.2, 0) is 12.7 Å². The minimum atomic E-state index is -4.72. The monoisotopic (exact) mass is 552 g/mol. The lowest BCUT2D eigenvalue weighted by molar-refractivity contribution is -0.142. The smallest absolute Gasteiger partial charge is 0.317 e. The number of carbonyl (C=O) groups excluding carboxylic acids is 1. The van der Waals surface area contributed by atoms with E-state index >= 15 is 0 Å². The van der Waals surface area contributed by atoms with Crippen LogP contribution >= 0.6 is 11.6 Å². The van der Waals surface area contributed by atoms with Crippen LogP contribution in [-0.4, -0.2) is 30.3 Å². The summed E-state index contributed by atoms with van der Waals surface area (Å²) in [7, 11) is 0. The molecule has 7 nitrogen and oxygen atoms in total. The van der Waals surface area contributed by atoms with Crippen LogP contribution in [0.2, 0.25) is 5.02 Å². The summed E-state index contributed by atoms with van der Waals surface area (Å²) in [4.78, 5) is 17.5. The third-order valence-corrected chi connectivity index (χ3v) is 6.83. The van der Waals surface area contributed by atoms with E-state index in [9.17, 15) is 18.0 Å². The van der Waals surface area contributed by atoms with Gasteiger partial charge in [0.1, 0.15) is 0 Å². The number of benzene rings is 2. The predicted octanol–water partition coefficient (Wildman–Crippen LogP) is 6.80. The molecule has 1 amide bonds. The van der Waals surface area contributed by atoms with Gasteiger partial charge >= 0.3 is 6.18 Å². The first-order chi connectivity index (χ1) is 18.4. The van der Waals surface area contributed by atoms with Crippen LogP contribution in [0, 0.1) is 27.7 Å². The maximum Gasteiger partial charge on any atom is 0.433 e. The predicted molar refractivity (Wildman–Crippen MR) is 143 cm³/mol. The molecule has 1 N–H and O–H groups in total. The minimum Gasteiger partial charge on any atom is -0.317 e. The molecular formula is C28H24ClF3N6O. The topological polar surface area (TPSA) is 77.1 Å². The number of nitrogens with zero attached hydrogens (tertiary/aromatic N) is 5. The molecule has 0 fully saturated rings. The van der Waals surface area contributed by atoms with Crippen molar-refractivity contribution in [3.8, 4) is 11.3 Å². The molecule has 0 saturated heterocycles. The zero-order valence-electron chi connectivity index (χ0n) is 21.6. The Labute approximate surface area is 227 Å². The molecule has 5 aromatic rings. The van der Waals surface area contributed by atoms with Gasteiger partial charge in [-0.1, -0.05) is 35.9 Å². The number of carbonyl (C=O) groups is 1. The van der Waals surface area contributed by atoms with Crippen molar-refractivity contribution < 1.29 is 18.0 Å². The van der Waals surface area contributed by atoms with E-state index in [2.05, 4.69) is 20.5 Å². The number of hydrogen-bond donors (Lipinski definition) is 1. The van der Waals surface area contributed by atoms with E-state index in [1.54, 1.807) is 36.7 Å². The Balaban J connectivity index is 1.49. The summed E-state index contributed by atoms with van der Waals surface area (Å²) in [6.07, 6.45) is -4.72. The van der Waals surface area contributed by atoms with Crippen LogP contribution < -0.4 is 5.32 Å². The summed E-state index contributed by atoms with van der Waals surface area (Å²) in [6.45, 7) is 7.76. The maximum absolute atomic E-state index is 14.0. The molecule has 0 aliphatic carbocycles. The molecule has 0 spiro atoms. The van der Waals surface area contributed by atoms with Gasteiger partial charge in [-0.3, -0.25) is 9.48 Å². The number of rotatable bonds is 5. The lowest BCUT2D eigenvalue weighted by Crippen LogP contribution is -2.16. The second-order valence-electron chi connectivity index (χ2n) is 9.41. The minimum absolute atomic E-state index is 0.0895. The molecule has 0 aliphatic rings. The van der Waals surface area contributed by atoms with Gasteiger partial charge in [0, 0.05) is 16.7 Å². The highest BCUT2D eigenvalue weighted by Crippen LogP contribution is 2.33. The number of aryl methyl sites for hydroxylation is 3. The first-order valence-corrected chi connectivity index (χ1v) is 12.4. The molecule has 200 valence electrons. The molecule has 11 heteroatoms. The summed E-state index contributed by atoms with van der Waals surface area (Å²) in [5.74, 6) is -0.671. The second kappa shape index (κ2) is 9.85. The van der Waals surface area contributed by atoms with E-state index < -0.39 is 17.8 Å². The van der Waals surface area contributed by atoms with Crippen molar-refractivity contribution in [1.29, 1.82) is 0 Å². The Kier molecular flexibility index (Phi) is 6.67. The van der Waals surface area contributed by atoms with E-state index in [4.69, 9.17) is 11.6 Å². The molecule has 3 aromatic heterocycles. The van der Waals surface area contributed by atoms with E-state index in [1.165, 1.54) is 6.07 Å². The SMILES string of the molecule is Cc1ccc(-c2cc(C(F)(F)F)n3nc(C(=O)Nc4c(C)nn(Cc5cccc(Cl)c5)c4C)cc3n2)cc1C. The normalized spacial score (nSPS) is 11.8. The Morgan fingerprint density at radius 2 is 1.74 bits per heavy atom. The quantitative estimate of drug-likeness (QED) is 0.260. The zero-order chi connectivity index (χ0) is 28.1. The molecule has 3 heterocycles. The first kappa shape index (κ1) is 26.4. The van der Waals surface area contributed by atoms with E-state index in [0.29, 0.717) is 38.7 Å². The highest BCUT2D eigenvalue weighted by molar-refractivity contribution is 6.30. The number of nitrogens with one attached hydrogen (secondary N) is 1. The van der Waals surface area contributed by atoms with Crippen LogP contribution in [0.15, 0.2) is 54.6 Å². The lowest BCUT2D eigenvalue weighted by Gasteiger charge is -2.11. The Hall–Kier alpha value is -4.18. The third kappa shape index (κ3) is 5.24. The largest absolute Gasteiger partial charge is 0.433 e. The number of hydrogen-bond acceptors (Lipinski definition) is 4. The Bertz CT molecular complexity index is 1740. The van der Waals surface area contributed by atoms with E-state index in [-0.39, 0.29) is 17.0 Å². The number of aromatic nitrogens is 5. The van der Waals surface area contributed by atoms with Crippen molar-refractivity contribution >= 4 is 28.8 Å². The molecule has 0 bridgehead atoms. The van der Waals surface area contributed by atoms with Crippen LogP contribution in [0.5, 0.6) is 0 Å². The highest BCUT2D eigenvalue weighted by atomic mass is 35.5. The van der Waals surface area contributed by atoms with Crippen molar-refractivity contribution in [2.24, 2.45) is 0 Å². The number of amides is 1. The van der Waals surface area contributed by atoms with Crippen LogP contribution in [0.25, 0.3) is 16.9 Å². The summed E-state index contributed by atoms with van der Waals surface area (Å²) in [5, 5.41) is 11.8. The molecule has 0 saturated carbocycles. The van der Waals surface area contributed by atoms with E-state index in [1.807, 2.05) is 38.1 Å². The average molecular weight is 553 g/mol. The summed E-state index contributed by atoms with van der Waals surface area (Å²) >= 11 is 6.08. The van der Waals surface area contributed by atoms with Gasteiger partial charge in [0.05, 0.1) is 29.3 Å². The third-order valence-electron chi connectivity index (χ3n) is 6.59. The molecule has 0 aliphatic heterocycles. The molecular weight excluding hydrogens is 529 g/mol. The van der Waals surface area contributed by atoms with Gasteiger partial charge in [-0.05, 0) is 68.7 Å². The molecule has 0 atom stereocenters. The van der Waals surface area contributed by atoms with Gasteiger partial charge in [0.15, 0.2) is 17.0 Å². The van der Waals surface area contributed by atoms with Crippen molar-refractivity contribution in [2.45, 2.75) is 40.4 Å². The highest BCUT2D eigenvalue weighted by Gasteiger charge is 2.36. The number of alkyl halides is 3. The summed E-state index contributed by atoms with van der Waals surface area (Å²) in [5.41, 5.74) is 3.92. The molecule has 2 aromatic carbocycles. The van der Waals surface area contributed by atoms with Crippen molar-refractivity contribution in [1.82, 2.24) is 24.4 Å². The van der Waals surface area contributed by atoms with Gasteiger partial charge < -0.3 is 5.32 Å². The lowest BCUT2D eigenvalue weighted by atomic mass is 10.0. The van der Waals surface area contributed by atoms with E-state index in [0.717, 1.165) is 22.8 Å². The number of anilines is 1. The summed E-state index contributed by atoms with van der Waals surface area (Å²) < 4.78 is 44.4. The fraction of sp³-hybridized carbons (Fsp3) is 0.214. The van der Waals surface area contributed by atoms with Gasteiger partial charge in [0.25, 0.3) is 5.91 Å². The van der Waals surface area contributed by atoms with Gasteiger partial charge in [-0.25, -0.2) is 9.50 Å². The van der Waals surface area contributed by atoms with Crippen LogP contribution in [0.1, 0.15) is 44.3 Å². The molecule has 0 unspecified atom stereocenters. The Morgan fingerprint density at radius 1 is 0.974 bits per heavy atom. The average Bonchev–Trinajstić information content (AvgIpc) is 3.41.